The van der Waals surface area contributed by atoms with Gasteiger partial charge in [-0.25, -0.2) is 4.98 Å². The zero-order chi connectivity index (χ0) is 23.4. The second kappa shape index (κ2) is 10.4. The minimum atomic E-state index is -0.251. The number of pyridine rings is 1. The van der Waals surface area contributed by atoms with Gasteiger partial charge in [0.05, 0.1) is 23.3 Å². The average molecular weight is 483 g/mol. The molecule has 4 heterocycles. The van der Waals surface area contributed by atoms with E-state index in [0.717, 1.165) is 31.2 Å². The number of nitrogens with zero attached hydrogens (tertiary/aromatic N) is 3. The number of unbranched alkanes of at least 4 members (excludes halogenated alkanes) is 3. The van der Waals surface area contributed by atoms with Gasteiger partial charge >= 0.3 is 0 Å². The highest BCUT2D eigenvalue weighted by Crippen LogP contribution is 2.33. The highest BCUT2D eigenvalue weighted by atomic mass is 32.2. The number of nitrogens with one attached hydrogen (secondary N) is 1. The van der Waals surface area contributed by atoms with E-state index in [1.165, 1.54) is 16.2 Å². The number of furan rings is 1. The third kappa shape index (κ3) is 5.20. The van der Waals surface area contributed by atoms with Crippen LogP contribution in [0.2, 0.25) is 0 Å². The molecule has 9 heteroatoms. The van der Waals surface area contributed by atoms with Crippen LogP contribution in [0.15, 0.2) is 50.8 Å². The quantitative estimate of drug-likeness (QED) is 0.261. The molecule has 1 aliphatic heterocycles. The molecule has 1 N–H and O–H groups in total. The van der Waals surface area contributed by atoms with E-state index in [-0.39, 0.29) is 11.5 Å². The van der Waals surface area contributed by atoms with Gasteiger partial charge in [-0.3, -0.25) is 18.9 Å². The summed E-state index contributed by atoms with van der Waals surface area (Å²) in [6, 6.07) is 7.35. The number of carbonyl (C=O) groups excluding carboxylic acids is 1. The number of carbonyl (C=O) groups is 1. The Labute approximate surface area is 201 Å². The second-order valence-electron chi connectivity index (χ2n) is 7.94. The van der Waals surface area contributed by atoms with Gasteiger partial charge in [-0.15, -0.1) is 0 Å². The van der Waals surface area contributed by atoms with Crippen LogP contribution >= 0.6 is 24.0 Å². The Morgan fingerprint density at radius 1 is 1.21 bits per heavy atom. The molecule has 7 nitrogen and oxygen atoms in total. The fourth-order valence-corrected chi connectivity index (χ4v) is 4.92. The van der Waals surface area contributed by atoms with Crippen molar-refractivity contribution in [2.75, 3.05) is 11.9 Å². The van der Waals surface area contributed by atoms with E-state index in [2.05, 4.69) is 17.2 Å². The Morgan fingerprint density at radius 2 is 2.06 bits per heavy atom. The Bertz CT molecular complexity index is 1260. The number of aromatic nitrogens is 2. The largest absolute Gasteiger partial charge is 0.467 e. The van der Waals surface area contributed by atoms with Crippen LogP contribution < -0.4 is 10.9 Å². The van der Waals surface area contributed by atoms with Crippen molar-refractivity contribution in [3.63, 3.8) is 0 Å². The number of fused-ring (bicyclic) bond motifs is 1. The van der Waals surface area contributed by atoms with E-state index in [9.17, 15) is 9.59 Å². The van der Waals surface area contributed by atoms with Crippen LogP contribution in [0.25, 0.3) is 11.7 Å². The van der Waals surface area contributed by atoms with Crippen LogP contribution in [-0.4, -0.2) is 31.1 Å². The first-order valence-electron chi connectivity index (χ1n) is 11.0. The van der Waals surface area contributed by atoms with Crippen molar-refractivity contribution in [3.05, 3.63) is 68.9 Å². The molecule has 0 aliphatic carbocycles. The van der Waals surface area contributed by atoms with Gasteiger partial charge in [-0.2, -0.15) is 0 Å². The van der Waals surface area contributed by atoms with E-state index >= 15 is 0 Å². The fraction of sp³-hybridized carbons (Fsp3) is 0.333. The van der Waals surface area contributed by atoms with Crippen LogP contribution in [0.5, 0.6) is 0 Å². The van der Waals surface area contributed by atoms with Crippen LogP contribution in [0.3, 0.4) is 0 Å². The molecule has 3 aromatic rings. The smallest absolute Gasteiger partial charge is 0.267 e. The van der Waals surface area contributed by atoms with Crippen molar-refractivity contribution in [3.8, 4) is 0 Å². The summed E-state index contributed by atoms with van der Waals surface area (Å²) in [6.45, 7) is 5.02. The van der Waals surface area contributed by atoms with E-state index in [4.69, 9.17) is 16.6 Å². The van der Waals surface area contributed by atoms with E-state index in [0.29, 0.717) is 45.1 Å². The number of hydrogen-bond donors (Lipinski definition) is 1. The first-order valence-corrected chi connectivity index (χ1v) is 12.2. The van der Waals surface area contributed by atoms with Gasteiger partial charge in [-0.1, -0.05) is 56.2 Å². The molecule has 1 aliphatic rings. The molecule has 1 amide bonds. The van der Waals surface area contributed by atoms with Crippen molar-refractivity contribution < 1.29 is 9.21 Å². The van der Waals surface area contributed by atoms with E-state index in [1.807, 2.05) is 19.1 Å². The van der Waals surface area contributed by atoms with Crippen molar-refractivity contribution in [2.24, 2.45) is 0 Å². The maximum Gasteiger partial charge on any atom is 0.267 e. The number of hydrogen-bond acceptors (Lipinski definition) is 7. The molecular weight excluding hydrogens is 456 g/mol. The molecular formula is C24H26N4O3S2. The standard InChI is InChI=1S/C24H26N4O3S2/c1-3-4-5-6-11-27-23(30)19(33-24(27)32)13-18-21(25-14-17-8-7-12-31-17)26-20-10-9-16(2)15-28(20)22(18)29/h7-10,12-13,15,25H,3-6,11,14H2,1-2H3/b19-13+. The molecule has 1 fully saturated rings. The molecule has 0 spiro atoms. The molecule has 1 saturated heterocycles. The van der Waals surface area contributed by atoms with Gasteiger partial charge in [0, 0.05) is 12.7 Å². The van der Waals surface area contributed by atoms with Crippen molar-refractivity contribution in [2.45, 2.75) is 46.1 Å². The summed E-state index contributed by atoms with van der Waals surface area (Å²) >= 11 is 6.68. The van der Waals surface area contributed by atoms with Crippen LogP contribution in [0, 0.1) is 6.92 Å². The molecule has 0 radical (unpaired) electrons. The van der Waals surface area contributed by atoms with Gasteiger partial charge in [0.1, 0.15) is 21.5 Å². The highest BCUT2D eigenvalue weighted by molar-refractivity contribution is 8.26. The van der Waals surface area contributed by atoms with Gasteiger partial charge < -0.3 is 9.73 Å². The zero-order valence-corrected chi connectivity index (χ0v) is 20.3. The maximum absolute atomic E-state index is 13.4. The van der Waals surface area contributed by atoms with Crippen molar-refractivity contribution in [1.29, 1.82) is 0 Å². The predicted octanol–water partition coefficient (Wildman–Crippen LogP) is 4.99. The molecule has 0 aromatic carbocycles. The van der Waals surface area contributed by atoms with Crippen molar-refractivity contribution >= 4 is 51.7 Å². The molecule has 0 atom stereocenters. The number of anilines is 1. The summed E-state index contributed by atoms with van der Waals surface area (Å²) in [5, 5.41) is 3.19. The lowest BCUT2D eigenvalue weighted by molar-refractivity contribution is -0.122. The summed E-state index contributed by atoms with van der Waals surface area (Å²) < 4.78 is 7.42. The SMILES string of the molecule is CCCCCCN1C(=O)/C(=C\c2c(NCc3ccco3)nc3ccc(C)cn3c2=O)SC1=S. The Hall–Kier alpha value is -2.91. The summed E-state index contributed by atoms with van der Waals surface area (Å²) in [5.74, 6) is 0.950. The van der Waals surface area contributed by atoms with E-state index < -0.39 is 0 Å². The molecule has 3 aromatic heterocycles. The average Bonchev–Trinajstić information content (AvgIpc) is 3.41. The molecule has 172 valence electrons. The lowest BCUT2D eigenvalue weighted by Gasteiger charge is -2.14. The summed E-state index contributed by atoms with van der Waals surface area (Å²) in [6.07, 6.45) is 9.18. The topological polar surface area (TPSA) is 79.8 Å². The van der Waals surface area contributed by atoms with Gasteiger partial charge in [0.15, 0.2) is 0 Å². The Kier molecular flexibility index (Phi) is 7.29. The number of aryl methyl sites for hydroxylation is 1. The zero-order valence-electron chi connectivity index (χ0n) is 18.7. The first kappa shape index (κ1) is 23.3. The Balaban J connectivity index is 1.69. The molecule has 4 rings (SSSR count). The molecule has 33 heavy (non-hydrogen) atoms. The number of thioether (sulfide) groups is 1. The van der Waals surface area contributed by atoms with Gasteiger partial charge in [0.25, 0.3) is 11.5 Å². The lowest BCUT2D eigenvalue weighted by atomic mass is 10.2. The minimum Gasteiger partial charge on any atom is -0.467 e. The van der Waals surface area contributed by atoms with E-state index in [1.54, 1.807) is 35.6 Å². The lowest BCUT2D eigenvalue weighted by Crippen LogP contribution is -2.29. The summed E-state index contributed by atoms with van der Waals surface area (Å²) in [4.78, 5) is 33.2. The molecule has 0 saturated carbocycles. The van der Waals surface area contributed by atoms with Crippen molar-refractivity contribution in [1.82, 2.24) is 14.3 Å². The van der Waals surface area contributed by atoms with Gasteiger partial charge in [-0.05, 0) is 43.2 Å². The predicted molar refractivity (Wildman–Crippen MR) is 136 cm³/mol. The highest BCUT2D eigenvalue weighted by Gasteiger charge is 2.32. The number of rotatable bonds is 9. The molecule has 0 unspecified atom stereocenters. The third-order valence-electron chi connectivity index (χ3n) is 5.40. The first-order chi connectivity index (χ1) is 16.0. The minimum absolute atomic E-state index is 0.160. The number of thiocarbonyl (C=S) groups is 1. The number of amides is 1. The normalized spacial score (nSPS) is 15.2. The Morgan fingerprint density at radius 3 is 2.82 bits per heavy atom. The summed E-state index contributed by atoms with van der Waals surface area (Å²) in [7, 11) is 0. The van der Waals surface area contributed by atoms with Crippen LogP contribution in [0.1, 0.15) is 49.5 Å². The summed E-state index contributed by atoms with van der Waals surface area (Å²) in [5.41, 5.74) is 1.52. The fourth-order valence-electron chi connectivity index (χ4n) is 3.63. The monoisotopic (exact) mass is 482 g/mol. The van der Waals surface area contributed by atoms with Crippen LogP contribution in [-0.2, 0) is 11.3 Å². The van der Waals surface area contributed by atoms with Crippen LogP contribution in [0.4, 0.5) is 5.82 Å². The van der Waals surface area contributed by atoms with Gasteiger partial charge in [0.2, 0.25) is 0 Å². The second-order valence-corrected chi connectivity index (χ2v) is 9.62. The third-order valence-corrected chi connectivity index (χ3v) is 6.78. The molecule has 0 bridgehead atoms. The maximum atomic E-state index is 13.4.